The summed E-state index contributed by atoms with van der Waals surface area (Å²) in [5.74, 6) is 0.701. The van der Waals surface area contributed by atoms with Gasteiger partial charge in [0.25, 0.3) is 5.91 Å². The molecule has 2 fully saturated rings. The zero-order chi connectivity index (χ0) is 25.8. The van der Waals surface area contributed by atoms with E-state index in [0.29, 0.717) is 48.2 Å². The van der Waals surface area contributed by atoms with E-state index in [-0.39, 0.29) is 17.4 Å². The fraction of sp³-hybridized carbons (Fsp3) is 0.333. The maximum atomic E-state index is 13.4. The Bertz CT molecular complexity index is 1290. The summed E-state index contributed by atoms with van der Waals surface area (Å²) in [6.07, 6.45) is 4.11. The summed E-state index contributed by atoms with van der Waals surface area (Å²) in [5, 5.41) is 5.86. The zero-order valence-corrected chi connectivity index (χ0v) is 20.4. The molecule has 1 aromatic heterocycles. The van der Waals surface area contributed by atoms with Gasteiger partial charge in [-0.15, -0.1) is 0 Å². The molecule has 0 aliphatic carbocycles. The number of likely N-dealkylation sites (tertiary alicyclic amines) is 1. The molecule has 5 rings (SSSR count). The van der Waals surface area contributed by atoms with Crippen LogP contribution in [0.2, 0.25) is 0 Å². The van der Waals surface area contributed by atoms with E-state index in [9.17, 15) is 14.0 Å². The van der Waals surface area contributed by atoms with E-state index in [1.807, 2.05) is 18.2 Å². The highest BCUT2D eigenvalue weighted by atomic mass is 19.1. The minimum absolute atomic E-state index is 0.0510. The molecule has 4 N–H and O–H groups in total. The van der Waals surface area contributed by atoms with Crippen LogP contribution in [0.4, 0.5) is 10.2 Å². The Morgan fingerprint density at radius 2 is 1.89 bits per heavy atom. The molecule has 2 aromatic carbocycles. The van der Waals surface area contributed by atoms with Crippen LogP contribution >= 0.6 is 0 Å². The second kappa shape index (κ2) is 10.9. The largest absolute Gasteiger partial charge is 0.457 e. The first-order valence-electron chi connectivity index (χ1n) is 12.5. The average Bonchev–Trinajstić information content (AvgIpc) is 3.30. The molecule has 2 aliphatic heterocycles. The number of nitrogens with two attached hydrogens (primary N) is 1. The lowest BCUT2D eigenvalue weighted by Gasteiger charge is -2.27. The standard InChI is InChI=1S/C27H29FN6O3/c28-19-5-7-20(8-6-19)37-23-9-4-17(14-18(23)16-34-12-2-1-3-13-34)26-32-22(25(29)35)15-24(33-26)31-21-10-11-30-27(21)36/h4-9,14-15,21H,1-3,10-13,16H2,(H2,29,35)(H,30,36)(H,31,32,33). The highest BCUT2D eigenvalue weighted by Gasteiger charge is 2.25. The molecule has 2 amide bonds. The third-order valence-corrected chi connectivity index (χ3v) is 6.55. The smallest absolute Gasteiger partial charge is 0.267 e. The van der Waals surface area contributed by atoms with Crippen LogP contribution in [0, 0.1) is 5.82 Å². The van der Waals surface area contributed by atoms with Crippen LogP contribution < -0.4 is 21.1 Å². The Labute approximate surface area is 214 Å². The Hall–Kier alpha value is -4.05. The van der Waals surface area contributed by atoms with Gasteiger partial charge in [-0.05, 0) is 74.8 Å². The summed E-state index contributed by atoms with van der Waals surface area (Å²) in [5.41, 5.74) is 7.20. The summed E-state index contributed by atoms with van der Waals surface area (Å²) in [6, 6.07) is 12.5. The molecule has 1 unspecified atom stereocenters. The van der Waals surface area contributed by atoms with E-state index < -0.39 is 11.9 Å². The molecule has 37 heavy (non-hydrogen) atoms. The number of piperidine rings is 1. The second-order valence-corrected chi connectivity index (χ2v) is 9.32. The number of nitrogens with zero attached hydrogens (tertiary/aromatic N) is 3. The lowest BCUT2D eigenvalue weighted by atomic mass is 10.1. The van der Waals surface area contributed by atoms with E-state index in [1.165, 1.54) is 24.6 Å². The SMILES string of the molecule is NC(=O)c1cc(NC2CCNC2=O)nc(-c2ccc(Oc3ccc(F)cc3)c(CN3CCCCC3)c2)n1. The fourth-order valence-electron chi connectivity index (χ4n) is 4.62. The van der Waals surface area contributed by atoms with Gasteiger partial charge in [-0.3, -0.25) is 14.5 Å². The molecule has 1 atom stereocenters. The molecular formula is C27H29FN6O3. The molecule has 3 heterocycles. The fourth-order valence-corrected chi connectivity index (χ4v) is 4.62. The average molecular weight is 505 g/mol. The number of carbonyl (C=O) groups excluding carboxylic acids is 2. The van der Waals surface area contributed by atoms with Crippen molar-refractivity contribution in [2.24, 2.45) is 5.73 Å². The number of amides is 2. The molecule has 2 aliphatic rings. The van der Waals surface area contributed by atoms with Crippen molar-refractivity contribution in [1.29, 1.82) is 0 Å². The van der Waals surface area contributed by atoms with Gasteiger partial charge < -0.3 is 21.1 Å². The van der Waals surface area contributed by atoms with Crippen molar-refractivity contribution in [3.8, 4) is 22.9 Å². The second-order valence-electron chi connectivity index (χ2n) is 9.32. The Morgan fingerprint density at radius 1 is 1.11 bits per heavy atom. The van der Waals surface area contributed by atoms with Crippen LogP contribution in [-0.4, -0.2) is 52.4 Å². The molecular weight excluding hydrogens is 475 g/mol. The quantitative estimate of drug-likeness (QED) is 0.429. The van der Waals surface area contributed by atoms with Crippen LogP contribution in [0.1, 0.15) is 41.7 Å². The summed E-state index contributed by atoms with van der Waals surface area (Å²) in [7, 11) is 0. The van der Waals surface area contributed by atoms with Crippen molar-refractivity contribution in [1.82, 2.24) is 20.2 Å². The van der Waals surface area contributed by atoms with Crippen molar-refractivity contribution in [2.45, 2.75) is 38.3 Å². The molecule has 0 bridgehead atoms. The van der Waals surface area contributed by atoms with Crippen molar-refractivity contribution in [2.75, 3.05) is 25.0 Å². The molecule has 2 saturated heterocycles. The number of carbonyl (C=O) groups is 2. The minimum Gasteiger partial charge on any atom is -0.457 e. The maximum Gasteiger partial charge on any atom is 0.267 e. The molecule has 0 spiro atoms. The van der Waals surface area contributed by atoms with Gasteiger partial charge in [-0.1, -0.05) is 6.42 Å². The highest BCUT2D eigenvalue weighted by molar-refractivity contribution is 5.92. The van der Waals surface area contributed by atoms with Crippen molar-refractivity contribution < 1.29 is 18.7 Å². The van der Waals surface area contributed by atoms with Crippen molar-refractivity contribution in [3.05, 3.63) is 65.6 Å². The van der Waals surface area contributed by atoms with Gasteiger partial charge in [0, 0.05) is 30.3 Å². The number of hydrogen-bond acceptors (Lipinski definition) is 7. The van der Waals surface area contributed by atoms with Crippen LogP contribution in [0.25, 0.3) is 11.4 Å². The zero-order valence-electron chi connectivity index (χ0n) is 20.4. The first kappa shape index (κ1) is 24.6. The van der Waals surface area contributed by atoms with Crippen LogP contribution in [0.3, 0.4) is 0 Å². The number of anilines is 1. The topological polar surface area (TPSA) is 122 Å². The first-order valence-corrected chi connectivity index (χ1v) is 12.5. The van der Waals surface area contributed by atoms with Crippen LogP contribution in [-0.2, 0) is 11.3 Å². The molecule has 10 heteroatoms. The van der Waals surface area contributed by atoms with Gasteiger partial charge in [0.1, 0.15) is 34.9 Å². The monoisotopic (exact) mass is 504 g/mol. The van der Waals surface area contributed by atoms with Gasteiger partial charge in [-0.2, -0.15) is 0 Å². The van der Waals surface area contributed by atoms with Gasteiger partial charge >= 0.3 is 0 Å². The van der Waals surface area contributed by atoms with Gasteiger partial charge in [0.2, 0.25) is 5.91 Å². The van der Waals surface area contributed by atoms with Crippen molar-refractivity contribution >= 4 is 17.6 Å². The number of ether oxygens (including phenoxy) is 1. The summed E-state index contributed by atoms with van der Waals surface area (Å²) in [6.45, 7) is 3.22. The third-order valence-electron chi connectivity index (χ3n) is 6.55. The first-order chi connectivity index (χ1) is 17.9. The van der Waals surface area contributed by atoms with E-state index in [4.69, 9.17) is 10.5 Å². The molecule has 9 nitrogen and oxygen atoms in total. The lowest BCUT2D eigenvalue weighted by molar-refractivity contribution is -0.119. The maximum absolute atomic E-state index is 13.4. The number of nitrogens with one attached hydrogen (secondary N) is 2. The summed E-state index contributed by atoms with van der Waals surface area (Å²) < 4.78 is 19.5. The number of hydrogen-bond donors (Lipinski definition) is 3. The van der Waals surface area contributed by atoms with Crippen LogP contribution in [0.5, 0.6) is 11.5 Å². The van der Waals surface area contributed by atoms with E-state index in [1.54, 1.807) is 12.1 Å². The summed E-state index contributed by atoms with van der Waals surface area (Å²) in [4.78, 5) is 35.4. The van der Waals surface area contributed by atoms with Gasteiger partial charge in [0.15, 0.2) is 5.82 Å². The molecule has 0 radical (unpaired) electrons. The van der Waals surface area contributed by atoms with E-state index in [2.05, 4.69) is 25.5 Å². The highest BCUT2D eigenvalue weighted by Crippen LogP contribution is 2.31. The Morgan fingerprint density at radius 3 is 2.59 bits per heavy atom. The predicted octanol–water partition coefficient (Wildman–Crippen LogP) is 3.46. The Kier molecular flexibility index (Phi) is 7.27. The van der Waals surface area contributed by atoms with Gasteiger partial charge in [-0.25, -0.2) is 14.4 Å². The third kappa shape index (κ3) is 6.03. The number of aromatic nitrogens is 2. The van der Waals surface area contributed by atoms with E-state index in [0.717, 1.165) is 31.5 Å². The normalized spacial score (nSPS) is 17.9. The van der Waals surface area contributed by atoms with Crippen molar-refractivity contribution in [3.63, 3.8) is 0 Å². The number of primary amides is 1. The predicted molar refractivity (Wildman–Crippen MR) is 137 cm³/mol. The molecule has 192 valence electrons. The minimum atomic E-state index is -0.688. The lowest BCUT2D eigenvalue weighted by Crippen LogP contribution is -2.30. The van der Waals surface area contributed by atoms with Crippen LogP contribution in [0.15, 0.2) is 48.5 Å². The molecule has 3 aromatic rings. The Balaban J connectivity index is 1.49. The number of rotatable bonds is 8. The molecule has 0 saturated carbocycles. The number of halogens is 1. The van der Waals surface area contributed by atoms with Gasteiger partial charge in [0.05, 0.1) is 0 Å². The number of benzene rings is 2. The van der Waals surface area contributed by atoms with E-state index >= 15 is 0 Å². The summed E-state index contributed by atoms with van der Waals surface area (Å²) >= 11 is 0.